The van der Waals surface area contributed by atoms with Gasteiger partial charge in [-0.2, -0.15) is 0 Å². The second-order valence-electron chi connectivity index (χ2n) is 3.67. The Hall–Kier alpha value is -2.22. The van der Waals surface area contributed by atoms with E-state index < -0.39 is 29.1 Å². The maximum absolute atomic E-state index is 13.1. The van der Waals surface area contributed by atoms with E-state index in [1.807, 2.05) is 0 Å². The molecule has 0 aliphatic heterocycles. The van der Waals surface area contributed by atoms with Gasteiger partial charge in [0.25, 0.3) is 5.91 Å². The summed E-state index contributed by atoms with van der Waals surface area (Å²) < 4.78 is 31.4. The normalized spacial score (nSPS) is 10.3. The molecule has 20 heavy (non-hydrogen) atoms. The summed E-state index contributed by atoms with van der Waals surface area (Å²) in [6, 6.07) is 3.87. The van der Waals surface area contributed by atoms with Crippen molar-refractivity contribution in [2.75, 3.05) is 5.32 Å². The maximum atomic E-state index is 13.1. The largest absolute Gasteiger partial charge is 0.478 e. The Labute approximate surface area is 119 Å². The second-order valence-corrected chi connectivity index (χ2v) is 4.46. The molecule has 0 bridgehead atoms. The fraction of sp³-hybridized carbons (Fsp3) is 0. The van der Waals surface area contributed by atoms with Crippen LogP contribution in [0.3, 0.4) is 0 Å². The van der Waals surface area contributed by atoms with Gasteiger partial charge in [0.2, 0.25) is 0 Å². The lowest BCUT2D eigenvalue weighted by Gasteiger charge is -2.08. The van der Waals surface area contributed by atoms with Crippen LogP contribution in [0.15, 0.2) is 33.4 Å². The van der Waals surface area contributed by atoms with Crippen LogP contribution in [-0.4, -0.2) is 17.0 Å². The van der Waals surface area contributed by atoms with Crippen LogP contribution in [0.2, 0.25) is 0 Å². The van der Waals surface area contributed by atoms with E-state index in [1.165, 1.54) is 12.1 Å². The summed E-state index contributed by atoms with van der Waals surface area (Å²) in [5, 5.41) is 11.0. The third-order valence-electron chi connectivity index (χ3n) is 2.34. The van der Waals surface area contributed by atoms with E-state index in [0.717, 1.165) is 0 Å². The topological polar surface area (TPSA) is 79.5 Å². The molecule has 0 atom stereocenters. The van der Waals surface area contributed by atoms with Crippen molar-refractivity contribution >= 4 is 33.5 Å². The average Bonchev–Trinajstić information content (AvgIpc) is 2.80. The summed E-state index contributed by atoms with van der Waals surface area (Å²) in [4.78, 5) is 22.7. The van der Waals surface area contributed by atoms with Crippen LogP contribution < -0.4 is 5.32 Å². The van der Waals surface area contributed by atoms with Crippen LogP contribution in [0.1, 0.15) is 20.9 Å². The number of amides is 1. The molecule has 1 heterocycles. The fourth-order valence-corrected chi connectivity index (χ4v) is 1.75. The predicted molar refractivity (Wildman–Crippen MR) is 67.7 cm³/mol. The zero-order valence-corrected chi connectivity index (χ0v) is 11.2. The van der Waals surface area contributed by atoms with Gasteiger partial charge in [-0.3, -0.25) is 4.79 Å². The minimum Gasteiger partial charge on any atom is -0.478 e. The van der Waals surface area contributed by atoms with Crippen LogP contribution in [0.4, 0.5) is 14.5 Å². The van der Waals surface area contributed by atoms with E-state index in [4.69, 9.17) is 9.52 Å². The number of aromatic carboxylic acids is 1. The van der Waals surface area contributed by atoms with Crippen molar-refractivity contribution in [1.29, 1.82) is 0 Å². The van der Waals surface area contributed by atoms with Gasteiger partial charge < -0.3 is 14.8 Å². The fourth-order valence-electron chi connectivity index (χ4n) is 1.45. The molecule has 0 aliphatic rings. The molecule has 1 aromatic heterocycles. The van der Waals surface area contributed by atoms with Gasteiger partial charge in [-0.15, -0.1) is 0 Å². The third kappa shape index (κ3) is 2.85. The summed E-state index contributed by atoms with van der Waals surface area (Å²) in [7, 11) is 0. The summed E-state index contributed by atoms with van der Waals surface area (Å²) in [5.74, 6) is -4.99. The van der Waals surface area contributed by atoms with Crippen molar-refractivity contribution in [3.05, 3.63) is 51.9 Å². The molecule has 5 nitrogen and oxygen atoms in total. The van der Waals surface area contributed by atoms with Crippen molar-refractivity contribution in [3.8, 4) is 0 Å². The van der Waals surface area contributed by atoms with Crippen LogP contribution in [0, 0.1) is 11.6 Å². The first-order valence-electron chi connectivity index (χ1n) is 5.17. The lowest BCUT2D eigenvalue weighted by molar-refractivity contribution is 0.0697. The Morgan fingerprint density at radius 2 is 1.85 bits per heavy atom. The molecular weight excluding hydrogens is 340 g/mol. The summed E-state index contributed by atoms with van der Waals surface area (Å²) in [6.45, 7) is 0. The molecule has 0 unspecified atom stereocenters. The van der Waals surface area contributed by atoms with Crippen LogP contribution in [-0.2, 0) is 0 Å². The Kier molecular flexibility index (Phi) is 3.84. The molecule has 2 rings (SSSR count). The van der Waals surface area contributed by atoms with Gasteiger partial charge in [0.05, 0.1) is 11.3 Å². The SMILES string of the molecule is O=C(Nc1cc(F)c(F)cc1C(=O)O)c1ccc(Br)o1. The number of carbonyl (C=O) groups excluding carboxylic acids is 1. The zero-order chi connectivity index (χ0) is 14.9. The summed E-state index contributed by atoms with van der Waals surface area (Å²) in [5.41, 5.74) is -0.934. The van der Waals surface area contributed by atoms with Crippen LogP contribution in [0.5, 0.6) is 0 Å². The number of hydrogen-bond donors (Lipinski definition) is 2. The van der Waals surface area contributed by atoms with Crippen molar-refractivity contribution in [2.45, 2.75) is 0 Å². The molecule has 0 radical (unpaired) electrons. The standard InChI is InChI=1S/C12H6BrF2NO4/c13-10-2-1-9(20-10)11(17)16-8-4-7(15)6(14)3-5(8)12(18)19/h1-4H,(H,16,17)(H,18,19). The second kappa shape index (κ2) is 5.41. The molecule has 2 N–H and O–H groups in total. The number of halogens is 3. The maximum Gasteiger partial charge on any atom is 0.337 e. The number of benzene rings is 1. The van der Waals surface area contributed by atoms with Crippen molar-refractivity contribution in [1.82, 2.24) is 0 Å². The number of furan rings is 1. The van der Waals surface area contributed by atoms with E-state index in [2.05, 4.69) is 21.2 Å². The number of carboxylic acid groups (broad SMARTS) is 1. The Balaban J connectivity index is 2.35. The highest BCUT2D eigenvalue weighted by Crippen LogP contribution is 2.22. The smallest absolute Gasteiger partial charge is 0.337 e. The molecule has 0 saturated carbocycles. The number of rotatable bonds is 3. The first-order valence-corrected chi connectivity index (χ1v) is 5.97. The summed E-state index contributed by atoms with van der Waals surface area (Å²) >= 11 is 2.99. The van der Waals surface area contributed by atoms with Gasteiger partial charge in [0.1, 0.15) is 0 Å². The first kappa shape index (κ1) is 14.2. The first-order chi connectivity index (χ1) is 9.38. The minimum absolute atomic E-state index is 0.113. The molecular formula is C12H6BrF2NO4. The van der Waals surface area contributed by atoms with Crippen molar-refractivity contribution in [3.63, 3.8) is 0 Å². The Bertz CT molecular complexity index is 699. The highest BCUT2D eigenvalue weighted by molar-refractivity contribution is 9.10. The summed E-state index contributed by atoms with van der Waals surface area (Å²) in [6.07, 6.45) is 0. The van der Waals surface area contributed by atoms with E-state index in [9.17, 15) is 18.4 Å². The molecule has 2 aromatic rings. The molecule has 0 saturated heterocycles. The van der Waals surface area contributed by atoms with Gasteiger partial charge >= 0.3 is 5.97 Å². The van der Waals surface area contributed by atoms with Crippen molar-refractivity contribution in [2.24, 2.45) is 0 Å². The highest BCUT2D eigenvalue weighted by atomic mass is 79.9. The van der Waals surface area contributed by atoms with Gasteiger partial charge in [0, 0.05) is 6.07 Å². The van der Waals surface area contributed by atoms with E-state index in [1.54, 1.807) is 0 Å². The molecule has 1 amide bonds. The number of anilines is 1. The van der Waals surface area contributed by atoms with E-state index in [-0.39, 0.29) is 11.4 Å². The number of carboxylic acids is 1. The van der Waals surface area contributed by atoms with Gasteiger partial charge in [0.15, 0.2) is 22.1 Å². The van der Waals surface area contributed by atoms with E-state index in [0.29, 0.717) is 16.8 Å². The number of carbonyl (C=O) groups is 2. The molecule has 0 spiro atoms. The van der Waals surface area contributed by atoms with Gasteiger partial charge in [-0.05, 0) is 34.1 Å². The van der Waals surface area contributed by atoms with Gasteiger partial charge in [-0.1, -0.05) is 0 Å². The average molecular weight is 346 g/mol. The number of nitrogens with one attached hydrogen (secondary N) is 1. The van der Waals surface area contributed by atoms with Crippen LogP contribution in [0.25, 0.3) is 0 Å². The quantitative estimate of drug-likeness (QED) is 0.894. The molecule has 104 valence electrons. The van der Waals surface area contributed by atoms with E-state index >= 15 is 0 Å². The molecule has 8 heteroatoms. The molecule has 1 aromatic carbocycles. The lowest BCUT2D eigenvalue weighted by Crippen LogP contribution is -2.15. The van der Waals surface area contributed by atoms with Gasteiger partial charge in [-0.25, -0.2) is 13.6 Å². The minimum atomic E-state index is -1.50. The highest BCUT2D eigenvalue weighted by Gasteiger charge is 2.19. The zero-order valence-electron chi connectivity index (χ0n) is 9.62. The molecule has 0 fully saturated rings. The predicted octanol–water partition coefficient (Wildman–Crippen LogP) is 3.27. The van der Waals surface area contributed by atoms with Crippen molar-refractivity contribution < 1.29 is 27.9 Å². The lowest BCUT2D eigenvalue weighted by atomic mass is 10.1. The molecule has 0 aliphatic carbocycles. The monoisotopic (exact) mass is 345 g/mol. The number of hydrogen-bond acceptors (Lipinski definition) is 3. The Morgan fingerprint density at radius 1 is 1.20 bits per heavy atom. The Morgan fingerprint density at radius 3 is 2.40 bits per heavy atom. The third-order valence-corrected chi connectivity index (χ3v) is 2.76. The van der Waals surface area contributed by atoms with Crippen LogP contribution >= 0.6 is 15.9 Å².